The van der Waals surface area contributed by atoms with Crippen LogP contribution in [0.3, 0.4) is 0 Å². The molecule has 0 spiro atoms. The highest BCUT2D eigenvalue weighted by Gasteiger charge is 2.31. The fraction of sp³-hybridized carbons (Fsp3) is 0.200. The van der Waals surface area contributed by atoms with E-state index < -0.39 is 5.97 Å². The molecule has 1 aromatic carbocycles. The zero-order chi connectivity index (χ0) is 13.8. The minimum Gasteiger partial charge on any atom is -0.482 e. The average Bonchev–Trinajstić information content (AvgIpc) is 2.78. The third-order valence-electron chi connectivity index (χ3n) is 2.74. The summed E-state index contributed by atoms with van der Waals surface area (Å²) in [6, 6.07) is 7.13. The lowest BCUT2D eigenvalue weighted by atomic mass is 10.0. The van der Waals surface area contributed by atoms with Crippen molar-refractivity contribution in [1.82, 2.24) is 0 Å². The number of carbonyl (C=O) groups excluding carboxylic acids is 2. The zero-order valence-corrected chi connectivity index (χ0v) is 10.6. The summed E-state index contributed by atoms with van der Waals surface area (Å²) < 4.78 is 10.1. The predicted octanol–water partition coefficient (Wildman–Crippen LogP) is 2.19. The van der Waals surface area contributed by atoms with Crippen LogP contribution in [0.5, 0.6) is 0 Å². The summed E-state index contributed by atoms with van der Waals surface area (Å²) in [5.74, 6) is -0.854. The molecule has 1 aromatic rings. The van der Waals surface area contributed by atoms with Crippen LogP contribution in [0.2, 0.25) is 0 Å². The molecule has 4 heteroatoms. The van der Waals surface area contributed by atoms with Gasteiger partial charge < -0.3 is 9.47 Å². The van der Waals surface area contributed by atoms with E-state index in [9.17, 15) is 9.59 Å². The van der Waals surface area contributed by atoms with E-state index in [1.807, 2.05) is 19.1 Å². The molecule has 1 aliphatic rings. The second-order valence-electron chi connectivity index (χ2n) is 4.18. The van der Waals surface area contributed by atoms with Crippen LogP contribution in [0.4, 0.5) is 0 Å². The van der Waals surface area contributed by atoms with Gasteiger partial charge in [0, 0.05) is 5.56 Å². The minimum absolute atomic E-state index is 0.00882. The van der Waals surface area contributed by atoms with Crippen LogP contribution in [0.15, 0.2) is 48.3 Å². The molecular formula is C15H14O4. The van der Waals surface area contributed by atoms with Crippen LogP contribution in [0.25, 0.3) is 0 Å². The van der Waals surface area contributed by atoms with Gasteiger partial charge in [-0.2, -0.15) is 0 Å². The number of Topliss-reactive ketones (excluding diaryl/α,β-unsaturated/α-hetero) is 1. The SMILES string of the molecule is C=CCOC1=C(C(=O)c2ccc(C)cc2)COC1=O. The number of rotatable bonds is 5. The Morgan fingerprint density at radius 3 is 2.74 bits per heavy atom. The highest BCUT2D eigenvalue weighted by atomic mass is 16.6. The molecule has 0 amide bonds. The third-order valence-corrected chi connectivity index (χ3v) is 2.74. The smallest absolute Gasteiger partial charge is 0.374 e. The molecule has 0 N–H and O–H groups in total. The van der Waals surface area contributed by atoms with E-state index in [-0.39, 0.29) is 30.3 Å². The molecule has 0 aromatic heterocycles. The number of aryl methyl sites for hydroxylation is 1. The monoisotopic (exact) mass is 258 g/mol. The Hall–Kier alpha value is -2.36. The highest BCUT2D eigenvalue weighted by Crippen LogP contribution is 2.21. The maximum Gasteiger partial charge on any atom is 0.374 e. The van der Waals surface area contributed by atoms with Gasteiger partial charge in [-0.05, 0) is 6.92 Å². The molecule has 0 unspecified atom stereocenters. The first-order valence-corrected chi connectivity index (χ1v) is 5.89. The van der Waals surface area contributed by atoms with Crippen molar-refractivity contribution in [3.8, 4) is 0 Å². The van der Waals surface area contributed by atoms with Gasteiger partial charge in [-0.3, -0.25) is 4.79 Å². The van der Waals surface area contributed by atoms with E-state index >= 15 is 0 Å². The Labute approximate surface area is 111 Å². The maximum atomic E-state index is 12.3. The summed E-state index contributed by atoms with van der Waals surface area (Å²) in [4.78, 5) is 23.8. The minimum atomic E-state index is -0.600. The summed E-state index contributed by atoms with van der Waals surface area (Å²) in [6.45, 7) is 5.56. The zero-order valence-electron chi connectivity index (χ0n) is 10.6. The first-order valence-electron chi connectivity index (χ1n) is 5.89. The summed E-state index contributed by atoms with van der Waals surface area (Å²) in [5, 5.41) is 0. The number of hydrogen-bond donors (Lipinski definition) is 0. The fourth-order valence-corrected chi connectivity index (χ4v) is 1.73. The fourth-order valence-electron chi connectivity index (χ4n) is 1.73. The Morgan fingerprint density at radius 1 is 1.42 bits per heavy atom. The topological polar surface area (TPSA) is 52.6 Å². The van der Waals surface area contributed by atoms with Crippen LogP contribution in [-0.2, 0) is 14.3 Å². The Morgan fingerprint density at radius 2 is 2.11 bits per heavy atom. The number of carbonyl (C=O) groups is 2. The molecule has 98 valence electrons. The van der Waals surface area contributed by atoms with Gasteiger partial charge in [-0.15, -0.1) is 0 Å². The molecule has 0 saturated heterocycles. The van der Waals surface area contributed by atoms with Gasteiger partial charge in [-0.25, -0.2) is 4.79 Å². The van der Waals surface area contributed by atoms with Gasteiger partial charge in [0.1, 0.15) is 13.2 Å². The number of benzene rings is 1. The molecule has 0 fully saturated rings. The van der Waals surface area contributed by atoms with Crippen molar-refractivity contribution < 1.29 is 19.1 Å². The van der Waals surface area contributed by atoms with Gasteiger partial charge in [0.2, 0.25) is 5.76 Å². The first-order chi connectivity index (χ1) is 9.13. The number of esters is 1. The standard InChI is InChI=1S/C15H14O4/c1-3-8-18-14-12(9-19-15(14)17)13(16)11-6-4-10(2)5-7-11/h3-7H,1,8-9H2,2H3. The van der Waals surface area contributed by atoms with Crippen molar-refractivity contribution in [1.29, 1.82) is 0 Å². The van der Waals surface area contributed by atoms with Crippen molar-refractivity contribution in [2.24, 2.45) is 0 Å². The van der Waals surface area contributed by atoms with Crippen molar-refractivity contribution in [3.63, 3.8) is 0 Å². The van der Waals surface area contributed by atoms with Gasteiger partial charge >= 0.3 is 5.97 Å². The van der Waals surface area contributed by atoms with E-state index in [0.29, 0.717) is 5.56 Å². The molecule has 2 rings (SSSR count). The molecular weight excluding hydrogens is 244 g/mol. The molecule has 0 aliphatic carbocycles. The van der Waals surface area contributed by atoms with Gasteiger partial charge in [-0.1, -0.05) is 42.5 Å². The van der Waals surface area contributed by atoms with Crippen LogP contribution in [0, 0.1) is 6.92 Å². The molecule has 0 atom stereocenters. The van der Waals surface area contributed by atoms with E-state index in [1.54, 1.807) is 12.1 Å². The lowest BCUT2D eigenvalue weighted by Crippen LogP contribution is -2.09. The molecule has 0 radical (unpaired) electrons. The molecule has 0 bridgehead atoms. The quantitative estimate of drug-likeness (QED) is 0.461. The van der Waals surface area contributed by atoms with Crippen LogP contribution >= 0.6 is 0 Å². The van der Waals surface area contributed by atoms with Crippen molar-refractivity contribution >= 4 is 11.8 Å². The molecule has 4 nitrogen and oxygen atoms in total. The Bertz CT molecular complexity index is 552. The van der Waals surface area contributed by atoms with Crippen LogP contribution < -0.4 is 0 Å². The van der Waals surface area contributed by atoms with E-state index in [2.05, 4.69) is 6.58 Å². The molecule has 0 saturated carbocycles. The van der Waals surface area contributed by atoms with Crippen LogP contribution in [-0.4, -0.2) is 25.0 Å². The number of ketones is 1. The summed E-state index contributed by atoms with van der Waals surface area (Å²) in [5.41, 5.74) is 1.83. The number of cyclic esters (lactones) is 1. The van der Waals surface area contributed by atoms with E-state index in [1.165, 1.54) is 6.08 Å². The normalized spacial score (nSPS) is 14.3. The second kappa shape index (κ2) is 5.52. The second-order valence-corrected chi connectivity index (χ2v) is 4.18. The maximum absolute atomic E-state index is 12.3. The van der Waals surface area contributed by atoms with Gasteiger partial charge in [0.15, 0.2) is 5.78 Å². The molecule has 19 heavy (non-hydrogen) atoms. The Kier molecular flexibility index (Phi) is 3.80. The predicted molar refractivity (Wildman–Crippen MR) is 69.6 cm³/mol. The third kappa shape index (κ3) is 2.73. The summed E-state index contributed by atoms with van der Waals surface area (Å²) >= 11 is 0. The van der Waals surface area contributed by atoms with Crippen LogP contribution in [0.1, 0.15) is 15.9 Å². The lowest BCUT2D eigenvalue weighted by Gasteiger charge is -2.04. The summed E-state index contributed by atoms with van der Waals surface area (Å²) in [6.07, 6.45) is 1.51. The number of hydrogen-bond acceptors (Lipinski definition) is 4. The van der Waals surface area contributed by atoms with Crippen molar-refractivity contribution in [3.05, 3.63) is 59.4 Å². The van der Waals surface area contributed by atoms with E-state index in [0.717, 1.165) is 5.56 Å². The highest BCUT2D eigenvalue weighted by molar-refractivity contribution is 6.14. The molecule has 1 aliphatic heterocycles. The van der Waals surface area contributed by atoms with Crippen molar-refractivity contribution in [2.75, 3.05) is 13.2 Å². The molecule has 1 heterocycles. The summed E-state index contributed by atoms with van der Waals surface area (Å²) in [7, 11) is 0. The van der Waals surface area contributed by atoms with Crippen molar-refractivity contribution in [2.45, 2.75) is 6.92 Å². The average molecular weight is 258 g/mol. The lowest BCUT2D eigenvalue weighted by molar-refractivity contribution is -0.139. The first kappa shape index (κ1) is 13.1. The van der Waals surface area contributed by atoms with Gasteiger partial charge in [0.25, 0.3) is 0 Å². The number of ether oxygens (including phenoxy) is 2. The largest absolute Gasteiger partial charge is 0.482 e. The van der Waals surface area contributed by atoms with Gasteiger partial charge in [0.05, 0.1) is 5.57 Å². The van der Waals surface area contributed by atoms with E-state index in [4.69, 9.17) is 9.47 Å². The Balaban J connectivity index is 2.30.